The van der Waals surface area contributed by atoms with Crippen LogP contribution in [0.1, 0.15) is 17.2 Å². The van der Waals surface area contributed by atoms with Crippen LogP contribution in [-0.2, 0) is 0 Å². The molecule has 0 aliphatic carbocycles. The fraction of sp³-hybridized carbons (Fsp3) is 0.250. The van der Waals surface area contributed by atoms with E-state index < -0.39 is 0 Å². The van der Waals surface area contributed by atoms with Crippen LogP contribution in [0.25, 0.3) is 0 Å². The van der Waals surface area contributed by atoms with Gasteiger partial charge in [-0.05, 0) is 36.4 Å². The predicted molar refractivity (Wildman–Crippen MR) is 86.9 cm³/mol. The van der Waals surface area contributed by atoms with Crippen molar-refractivity contribution >= 4 is 23.2 Å². The Hall–Kier alpha value is -1.42. The molecule has 0 saturated carbocycles. The van der Waals surface area contributed by atoms with Crippen LogP contribution in [-0.4, -0.2) is 21.3 Å². The number of ether oxygens (including phenoxy) is 2. The third-order valence-corrected chi connectivity index (χ3v) is 3.85. The van der Waals surface area contributed by atoms with E-state index in [1.165, 1.54) is 0 Å². The van der Waals surface area contributed by atoms with E-state index in [9.17, 15) is 0 Å². The third-order valence-electron chi connectivity index (χ3n) is 3.28. The molecule has 3 nitrogen and oxygen atoms in total. The molecule has 2 rings (SSSR count). The number of hydrogen-bond acceptors (Lipinski definition) is 3. The Morgan fingerprint density at radius 2 is 1.67 bits per heavy atom. The van der Waals surface area contributed by atoms with E-state index >= 15 is 0 Å². The highest BCUT2D eigenvalue weighted by atomic mass is 35.5. The van der Waals surface area contributed by atoms with Gasteiger partial charge in [-0.15, -0.1) is 0 Å². The summed E-state index contributed by atoms with van der Waals surface area (Å²) in [5, 5.41) is 4.54. The van der Waals surface area contributed by atoms with Gasteiger partial charge in [0.1, 0.15) is 0 Å². The lowest BCUT2D eigenvalue weighted by Crippen LogP contribution is -2.18. The third kappa shape index (κ3) is 3.43. The molecule has 0 bridgehead atoms. The lowest BCUT2D eigenvalue weighted by atomic mass is 9.98. The first-order valence-corrected chi connectivity index (χ1v) is 7.20. The second-order valence-electron chi connectivity index (χ2n) is 4.51. The van der Waals surface area contributed by atoms with Crippen LogP contribution in [0.3, 0.4) is 0 Å². The fourth-order valence-electron chi connectivity index (χ4n) is 2.28. The molecule has 0 radical (unpaired) electrons. The van der Waals surface area contributed by atoms with Crippen LogP contribution in [0.5, 0.6) is 11.5 Å². The van der Waals surface area contributed by atoms with Gasteiger partial charge in [-0.25, -0.2) is 0 Å². The van der Waals surface area contributed by atoms with Gasteiger partial charge < -0.3 is 14.8 Å². The van der Waals surface area contributed by atoms with Crippen molar-refractivity contribution in [3.63, 3.8) is 0 Å². The monoisotopic (exact) mass is 325 g/mol. The average molecular weight is 326 g/mol. The minimum absolute atomic E-state index is 0.0870. The van der Waals surface area contributed by atoms with Crippen LogP contribution in [0.15, 0.2) is 36.4 Å². The molecule has 1 unspecified atom stereocenters. The normalized spacial score (nSPS) is 12.0. The minimum Gasteiger partial charge on any atom is -0.493 e. The smallest absolute Gasteiger partial charge is 0.162 e. The molecule has 1 N–H and O–H groups in total. The molecule has 2 aromatic rings. The van der Waals surface area contributed by atoms with Crippen LogP contribution in [0.2, 0.25) is 10.0 Å². The lowest BCUT2D eigenvalue weighted by molar-refractivity contribution is 0.354. The number of methoxy groups -OCH3 is 2. The molecule has 0 aliphatic heterocycles. The molecule has 0 aliphatic rings. The van der Waals surface area contributed by atoms with Gasteiger partial charge in [-0.2, -0.15) is 0 Å². The van der Waals surface area contributed by atoms with Crippen LogP contribution >= 0.6 is 23.2 Å². The van der Waals surface area contributed by atoms with E-state index in [2.05, 4.69) is 5.32 Å². The average Bonchev–Trinajstić information content (AvgIpc) is 2.49. The summed E-state index contributed by atoms with van der Waals surface area (Å²) in [5.74, 6) is 1.24. The van der Waals surface area contributed by atoms with Crippen LogP contribution in [0, 0.1) is 0 Å². The van der Waals surface area contributed by atoms with Crippen LogP contribution < -0.4 is 14.8 Å². The summed E-state index contributed by atoms with van der Waals surface area (Å²) in [5.41, 5.74) is 1.93. The maximum absolute atomic E-state index is 6.39. The standard InChI is InChI=1S/C16H17Cl2NO2/c1-19-16(10-5-4-6-11(17)7-10)12-8-14(20-2)15(21-3)9-13(12)18/h4-9,16,19H,1-3H3. The number of rotatable bonds is 5. The second-order valence-corrected chi connectivity index (χ2v) is 5.35. The molecule has 1 atom stereocenters. The summed E-state index contributed by atoms with van der Waals surface area (Å²) >= 11 is 12.5. The Balaban J connectivity index is 2.52. The van der Waals surface area contributed by atoms with Gasteiger partial charge in [-0.3, -0.25) is 0 Å². The summed E-state index contributed by atoms with van der Waals surface area (Å²) in [6, 6.07) is 11.2. The summed E-state index contributed by atoms with van der Waals surface area (Å²) in [4.78, 5) is 0. The van der Waals surface area contributed by atoms with Gasteiger partial charge in [0.15, 0.2) is 11.5 Å². The topological polar surface area (TPSA) is 30.5 Å². The minimum atomic E-state index is -0.0870. The molecule has 112 valence electrons. The van der Waals surface area contributed by atoms with Crippen molar-refractivity contribution in [1.82, 2.24) is 5.32 Å². The van der Waals surface area contributed by atoms with Gasteiger partial charge in [0.2, 0.25) is 0 Å². The van der Waals surface area contributed by atoms with Crippen LogP contribution in [0.4, 0.5) is 0 Å². The van der Waals surface area contributed by atoms with E-state index in [1.807, 2.05) is 37.4 Å². The Kier molecular flexibility index (Phi) is 5.34. The lowest BCUT2D eigenvalue weighted by Gasteiger charge is -2.20. The van der Waals surface area contributed by atoms with Crippen molar-refractivity contribution in [2.45, 2.75) is 6.04 Å². The summed E-state index contributed by atoms with van der Waals surface area (Å²) in [6.07, 6.45) is 0. The van der Waals surface area contributed by atoms with Crippen molar-refractivity contribution in [3.05, 3.63) is 57.6 Å². The molecule has 0 amide bonds. The van der Waals surface area contributed by atoms with Crippen molar-refractivity contribution in [2.24, 2.45) is 0 Å². The molecule has 5 heteroatoms. The zero-order chi connectivity index (χ0) is 15.4. The molecular formula is C16H17Cl2NO2. The van der Waals surface area contributed by atoms with Gasteiger partial charge in [-0.1, -0.05) is 35.3 Å². The quantitative estimate of drug-likeness (QED) is 0.888. The van der Waals surface area contributed by atoms with E-state index in [-0.39, 0.29) is 6.04 Å². The molecule has 21 heavy (non-hydrogen) atoms. The van der Waals surface area contributed by atoms with Crippen molar-refractivity contribution in [1.29, 1.82) is 0 Å². The zero-order valence-corrected chi connectivity index (χ0v) is 13.6. The molecule has 0 aromatic heterocycles. The predicted octanol–water partition coefficient (Wildman–Crippen LogP) is 4.32. The Morgan fingerprint density at radius 3 is 2.24 bits per heavy atom. The number of hydrogen-bond donors (Lipinski definition) is 1. The van der Waals surface area contributed by atoms with Gasteiger partial charge in [0, 0.05) is 16.1 Å². The van der Waals surface area contributed by atoms with E-state index in [4.69, 9.17) is 32.7 Å². The largest absolute Gasteiger partial charge is 0.493 e. The number of halogens is 2. The maximum Gasteiger partial charge on any atom is 0.162 e. The van der Waals surface area contributed by atoms with Gasteiger partial charge in [0.25, 0.3) is 0 Å². The molecule has 0 fully saturated rings. The van der Waals surface area contributed by atoms with Gasteiger partial charge in [0.05, 0.1) is 20.3 Å². The van der Waals surface area contributed by atoms with E-state index in [1.54, 1.807) is 20.3 Å². The summed E-state index contributed by atoms with van der Waals surface area (Å²) in [7, 11) is 5.06. The number of benzene rings is 2. The molecular weight excluding hydrogens is 309 g/mol. The molecule has 0 spiro atoms. The second kappa shape index (κ2) is 7.03. The maximum atomic E-state index is 6.39. The van der Waals surface area contributed by atoms with Crippen molar-refractivity contribution in [3.8, 4) is 11.5 Å². The highest BCUT2D eigenvalue weighted by molar-refractivity contribution is 6.31. The fourth-order valence-corrected chi connectivity index (χ4v) is 2.74. The molecule has 0 saturated heterocycles. The Bertz CT molecular complexity index is 632. The first kappa shape index (κ1) is 16.0. The molecule has 2 aromatic carbocycles. The number of nitrogens with one attached hydrogen (secondary N) is 1. The Morgan fingerprint density at radius 1 is 1.00 bits per heavy atom. The van der Waals surface area contributed by atoms with E-state index in [0.29, 0.717) is 21.5 Å². The summed E-state index contributed by atoms with van der Waals surface area (Å²) in [6.45, 7) is 0. The summed E-state index contributed by atoms with van der Waals surface area (Å²) < 4.78 is 10.6. The zero-order valence-electron chi connectivity index (χ0n) is 12.1. The molecule has 0 heterocycles. The first-order valence-electron chi connectivity index (χ1n) is 6.44. The highest BCUT2D eigenvalue weighted by Crippen LogP contribution is 2.37. The SMILES string of the molecule is CNC(c1cccc(Cl)c1)c1cc(OC)c(OC)cc1Cl. The van der Waals surface area contributed by atoms with Crippen molar-refractivity contribution < 1.29 is 9.47 Å². The van der Waals surface area contributed by atoms with E-state index in [0.717, 1.165) is 11.1 Å². The Labute approximate surface area is 134 Å². The first-order chi connectivity index (χ1) is 10.1. The highest BCUT2D eigenvalue weighted by Gasteiger charge is 2.19. The van der Waals surface area contributed by atoms with Gasteiger partial charge >= 0.3 is 0 Å². The van der Waals surface area contributed by atoms with Crippen molar-refractivity contribution in [2.75, 3.05) is 21.3 Å².